The summed E-state index contributed by atoms with van der Waals surface area (Å²) in [4.78, 5) is 21.9. The molecule has 0 spiro atoms. The second-order valence-electron chi connectivity index (χ2n) is 3.90. The molecule has 1 amide bonds. The molecule has 6 nitrogen and oxygen atoms in total. The number of carbonyl (C=O) groups excluding carboxylic acids is 1. The summed E-state index contributed by atoms with van der Waals surface area (Å²) in [6.45, 7) is -1.41. The summed E-state index contributed by atoms with van der Waals surface area (Å²) in [5, 5.41) is 8.71. The molecule has 0 bridgehead atoms. The Morgan fingerprint density at radius 1 is 1.28 bits per heavy atom. The van der Waals surface area contributed by atoms with E-state index < -0.39 is 58.4 Å². The van der Waals surface area contributed by atoms with Gasteiger partial charge in [0.25, 0.3) is 0 Å². The Morgan fingerprint density at radius 2 is 1.83 bits per heavy atom. The van der Waals surface area contributed by atoms with E-state index in [1.165, 1.54) is 0 Å². The second kappa shape index (κ2) is 4.75. The highest BCUT2D eigenvalue weighted by Crippen LogP contribution is 2.21. The van der Waals surface area contributed by atoms with Crippen LogP contribution in [-0.4, -0.2) is 61.1 Å². The van der Waals surface area contributed by atoms with Gasteiger partial charge >= 0.3 is 18.1 Å². The molecule has 1 saturated heterocycles. The minimum atomic E-state index is -5.14. The molecule has 0 aromatic carbocycles. The standard InChI is InChI=1S/C8H10F3NO5S/c9-8(10,11)7(15)12-1-2-18(16,17)4-5(3-12)6(13)14/h5H,1-4H2,(H,13,14). The van der Waals surface area contributed by atoms with Gasteiger partial charge in [0.05, 0.1) is 17.4 Å². The Bertz CT molecular complexity index is 458. The van der Waals surface area contributed by atoms with Gasteiger partial charge in [-0.1, -0.05) is 0 Å². The van der Waals surface area contributed by atoms with E-state index in [0.717, 1.165) is 0 Å². The van der Waals surface area contributed by atoms with E-state index in [2.05, 4.69) is 0 Å². The molecule has 1 fully saturated rings. The van der Waals surface area contributed by atoms with Crippen molar-refractivity contribution in [3.8, 4) is 0 Å². The summed E-state index contributed by atoms with van der Waals surface area (Å²) in [6, 6.07) is 0. The van der Waals surface area contributed by atoms with Gasteiger partial charge in [-0.3, -0.25) is 9.59 Å². The Morgan fingerprint density at radius 3 is 2.28 bits per heavy atom. The van der Waals surface area contributed by atoms with Crippen LogP contribution in [0.3, 0.4) is 0 Å². The first-order valence-corrected chi connectivity index (χ1v) is 6.64. The van der Waals surface area contributed by atoms with Crippen molar-refractivity contribution in [3.05, 3.63) is 0 Å². The summed E-state index contributed by atoms with van der Waals surface area (Å²) in [5.41, 5.74) is 0. The molecule has 1 unspecified atom stereocenters. The highest BCUT2D eigenvalue weighted by atomic mass is 32.2. The predicted molar refractivity (Wildman–Crippen MR) is 52.4 cm³/mol. The first-order chi connectivity index (χ1) is 8.03. The Hall–Kier alpha value is -1.32. The van der Waals surface area contributed by atoms with Crippen molar-refractivity contribution in [3.63, 3.8) is 0 Å². The number of carbonyl (C=O) groups is 2. The minimum Gasteiger partial charge on any atom is -0.481 e. The molecule has 1 rings (SSSR count). The van der Waals surface area contributed by atoms with Crippen LogP contribution in [0.15, 0.2) is 0 Å². The number of carboxylic acids is 1. The van der Waals surface area contributed by atoms with Gasteiger partial charge in [-0.2, -0.15) is 13.2 Å². The maximum absolute atomic E-state index is 12.2. The minimum absolute atomic E-state index is 0.226. The lowest BCUT2D eigenvalue weighted by atomic mass is 10.1. The number of hydrogen-bond acceptors (Lipinski definition) is 4. The lowest BCUT2D eigenvalue weighted by Gasteiger charge is -2.22. The molecule has 0 aromatic heterocycles. The number of amides is 1. The monoisotopic (exact) mass is 289 g/mol. The molecule has 1 N–H and O–H groups in total. The largest absolute Gasteiger partial charge is 0.481 e. The summed E-state index contributed by atoms with van der Waals surface area (Å²) in [5.74, 6) is -6.72. The van der Waals surface area contributed by atoms with Gasteiger partial charge in [-0.25, -0.2) is 8.42 Å². The van der Waals surface area contributed by atoms with Gasteiger partial charge in [0.1, 0.15) is 0 Å². The molecule has 18 heavy (non-hydrogen) atoms. The molecule has 0 aromatic rings. The van der Waals surface area contributed by atoms with Gasteiger partial charge in [0.15, 0.2) is 9.84 Å². The Kier molecular flexibility index (Phi) is 3.89. The van der Waals surface area contributed by atoms with Crippen LogP contribution in [0.5, 0.6) is 0 Å². The van der Waals surface area contributed by atoms with Crippen molar-refractivity contribution in [2.75, 3.05) is 24.6 Å². The summed E-state index contributed by atoms with van der Waals surface area (Å²) < 4.78 is 59.2. The van der Waals surface area contributed by atoms with Gasteiger partial charge < -0.3 is 10.0 Å². The van der Waals surface area contributed by atoms with Crippen LogP contribution in [0.2, 0.25) is 0 Å². The number of aliphatic carboxylic acids is 1. The average molecular weight is 289 g/mol. The summed E-state index contributed by atoms with van der Waals surface area (Å²) >= 11 is 0. The predicted octanol–water partition coefficient (Wildman–Crippen LogP) is -0.493. The number of hydrogen-bond donors (Lipinski definition) is 1. The van der Waals surface area contributed by atoms with Crippen molar-refractivity contribution in [1.82, 2.24) is 4.90 Å². The Labute approximate surface area is 100 Å². The topological polar surface area (TPSA) is 91.8 Å². The number of sulfone groups is 1. The third-order valence-corrected chi connectivity index (χ3v) is 4.16. The number of alkyl halides is 3. The normalized spacial score (nSPS) is 24.4. The quantitative estimate of drug-likeness (QED) is 0.703. The van der Waals surface area contributed by atoms with Crippen molar-refractivity contribution in [2.45, 2.75) is 6.18 Å². The molecule has 0 aliphatic carbocycles. The zero-order valence-electron chi connectivity index (χ0n) is 8.98. The van der Waals surface area contributed by atoms with E-state index in [9.17, 15) is 31.2 Å². The fraction of sp³-hybridized carbons (Fsp3) is 0.750. The molecule has 0 saturated carbocycles. The van der Waals surface area contributed by atoms with Crippen LogP contribution in [0.25, 0.3) is 0 Å². The van der Waals surface area contributed by atoms with Crippen molar-refractivity contribution in [2.24, 2.45) is 5.92 Å². The lowest BCUT2D eigenvalue weighted by molar-refractivity contribution is -0.186. The van der Waals surface area contributed by atoms with Crippen LogP contribution in [0.4, 0.5) is 13.2 Å². The van der Waals surface area contributed by atoms with Crippen LogP contribution < -0.4 is 0 Å². The molecule has 1 heterocycles. The molecule has 104 valence electrons. The third kappa shape index (κ3) is 3.59. The lowest BCUT2D eigenvalue weighted by Crippen LogP contribution is -2.44. The third-order valence-electron chi connectivity index (χ3n) is 2.45. The van der Waals surface area contributed by atoms with Crippen LogP contribution >= 0.6 is 0 Å². The van der Waals surface area contributed by atoms with E-state index in [4.69, 9.17) is 5.11 Å². The number of halogens is 3. The Balaban J connectivity index is 2.97. The maximum atomic E-state index is 12.2. The number of nitrogens with zero attached hydrogens (tertiary/aromatic N) is 1. The van der Waals surface area contributed by atoms with Gasteiger partial charge in [-0.15, -0.1) is 0 Å². The van der Waals surface area contributed by atoms with E-state index in [0.29, 0.717) is 0 Å². The van der Waals surface area contributed by atoms with E-state index in [1.807, 2.05) is 0 Å². The number of carboxylic acid groups (broad SMARTS) is 1. The SMILES string of the molecule is O=C(O)C1CN(C(=O)C(F)(F)F)CCS(=O)(=O)C1. The van der Waals surface area contributed by atoms with E-state index in [-0.39, 0.29) is 4.90 Å². The van der Waals surface area contributed by atoms with Crippen molar-refractivity contribution in [1.29, 1.82) is 0 Å². The van der Waals surface area contributed by atoms with Crippen LogP contribution in [-0.2, 0) is 19.4 Å². The zero-order valence-corrected chi connectivity index (χ0v) is 9.79. The second-order valence-corrected chi connectivity index (χ2v) is 6.13. The molecule has 1 atom stereocenters. The highest BCUT2D eigenvalue weighted by Gasteiger charge is 2.45. The first-order valence-electron chi connectivity index (χ1n) is 4.82. The van der Waals surface area contributed by atoms with Crippen LogP contribution in [0.1, 0.15) is 0 Å². The van der Waals surface area contributed by atoms with E-state index in [1.54, 1.807) is 0 Å². The average Bonchev–Trinajstić information content (AvgIpc) is 2.34. The maximum Gasteiger partial charge on any atom is 0.471 e. The summed E-state index contributed by atoms with van der Waals surface area (Å²) in [7, 11) is -3.77. The number of rotatable bonds is 1. The van der Waals surface area contributed by atoms with E-state index >= 15 is 0 Å². The van der Waals surface area contributed by atoms with Crippen molar-refractivity contribution >= 4 is 21.7 Å². The molecule has 0 radical (unpaired) electrons. The molecular weight excluding hydrogens is 279 g/mol. The zero-order chi connectivity index (χ0) is 14.1. The highest BCUT2D eigenvalue weighted by molar-refractivity contribution is 7.91. The van der Waals surface area contributed by atoms with Crippen molar-refractivity contribution < 1.29 is 36.3 Å². The smallest absolute Gasteiger partial charge is 0.471 e. The first kappa shape index (κ1) is 14.7. The van der Waals surface area contributed by atoms with Crippen LogP contribution in [0, 0.1) is 5.92 Å². The molecule has 1 aliphatic heterocycles. The van der Waals surface area contributed by atoms with Gasteiger partial charge in [-0.05, 0) is 0 Å². The molecular formula is C8H10F3NO5S. The van der Waals surface area contributed by atoms with Gasteiger partial charge in [0.2, 0.25) is 0 Å². The fourth-order valence-corrected chi connectivity index (χ4v) is 3.09. The fourth-order valence-electron chi connectivity index (χ4n) is 1.56. The summed E-state index contributed by atoms with van der Waals surface area (Å²) in [6.07, 6.45) is -5.14. The van der Waals surface area contributed by atoms with Gasteiger partial charge in [0, 0.05) is 13.1 Å². The molecule has 1 aliphatic rings. The molecule has 10 heteroatoms.